The summed E-state index contributed by atoms with van der Waals surface area (Å²) >= 11 is 1.61. The lowest BCUT2D eigenvalue weighted by atomic mass is 10.0. The van der Waals surface area contributed by atoms with Crippen molar-refractivity contribution in [1.82, 2.24) is 14.4 Å². The number of benzene rings is 1. The molecule has 4 aromatic rings. The van der Waals surface area contributed by atoms with E-state index in [1.165, 1.54) is 0 Å². The Morgan fingerprint density at radius 1 is 1.24 bits per heavy atom. The Balaban J connectivity index is 1.67. The smallest absolute Gasteiger partial charge is 0.183 e. The highest BCUT2D eigenvalue weighted by molar-refractivity contribution is 7.18. The first-order chi connectivity index (χ1) is 14.2. The average molecular weight is 404 g/mol. The van der Waals surface area contributed by atoms with Gasteiger partial charge < -0.3 is 14.5 Å². The number of imidazole rings is 1. The molecule has 1 atom stereocenters. The number of aromatic nitrogens is 3. The number of hydrogen-bond donors (Lipinski definition) is 1. The molecular weight excluding hydrogens is 382 g/mol. The molecule has 0 bridgehead atoms. The van der Waals surface area contributed by atoms with Crippen LogP contribution in [0.15, 0.2) is 55.1 Å². The minimum atomic E-state index is 0.194. The molecule has 7 heteroatoms. The van der Waals surface area contributed by atoms with Gasteiger partial charge in [0.25, 0.3) is 0 Å². The van der Waals surface area contributed by atoms with Crippen LogP contribution in [0.1, 0.15) is 19.4 Å². The summed E-state index contributed by atoms with van der Waals surface area (Å²) in [7, 11) is 0. The fraction of sp³-hybridized carbons (Fsp3) is 0.227. The van der Waals surface area contributed by atoms with Gasteiger partial charge in [-0.05, 0) is 37.6 Å². The van der Waals surface area contributed by atoms with Gasteiger partial charge in [0.15, 0.2) is 5.13 Å². The summed E-state index contributed by atoms with van der Waals surface area (Å²) in [6, 6.07) is 12.1. The maximum atomic E-state index is 9.06. The SMILES string of the molecule is CCOCC(C)Nc1ncc(-c2cc(-c3ccc(C#N)cc3)c3nccn3c2)s1. The lowest BCUT2D eigenvalue weighted by Gasteiger charge is -2.12. The van der Waals surface area contributed by atoms with E-state index in [0.717, 1.165) is 32.3 Å². The van der Waals surface area contributed by atoms with E-state index < -0.39 is 0 Å². The van der Waals surface area contributed by atoms with Crippen LogP contribution >= 0.6 is 11.3 Å². The Labute approximate surface area is 173 Å². The molecule has 0 aliphatic carbocycles. The maximum absolute atomic E-state index is 9.06. The minimum Gasteiger partial charge on any atom is -0.380 e. The van der Waals surface area contributed by atoms with Gasteiger partial charge in [-0.2, -0.15) is 5.26 Å². The van der Waals surface area contributed by atoms with Crippen LogP contribution in [-0.2, 0) is 4.74 Å². The van der Waals surface area contributed by atoms with Crippen molar-refractivity contribution in [3.63, 3.8) is 0 Å². The molecule has 1 aromatic carbocycles. The molecule has 0 radical (unpaired) electrons. The van der Waals surface area contributed by atoms with Gasteiger partial charge in [0.1, 0.15) is 5.65 Å². The molecule has 0 aliphatic heterocycles. The average Bonchev–Trinajstić information content (AvgIpc) is 3.41. The van der Waals surface area contributed by atoms with E-state index in [1.54, 1.807) is 17.5 Å². The molecule has 0 amide bonds. The summed E-state index contributed by atoms with van der Waals surface area (Å²) in [5.41, 5.74) is 4.63. The van der Waals surface area contributed by atoms with E-state index in [9.17, 15) is 0 Å². The Morgan fingerprint density at radius 2 is 2.07 bits per heavy atom. The van der Waals surface area contributed by atoms with E-state index >= 15 is 0 Å². The molecule has 0 saturated carbocycles. The van der Waals surface area contributed by atoms with Crippen LogP contribution < -0.4 is 5.32 Å². The number of hydrogen-bond acceptors (Lipinski definition) is 6. The largest absolute Gasteiger partial charge is 0.380 e. The maximum Gasteiger partial charge on any atom is 0.183 e. The van der Waals surface area contributed by atoms with Gasteiger partial charge >= 0.3 is 0 Å². The first-order valence-corrected chi connectivity index (χ1v) is 10.3. The predicted octanol–water partition coefficient (Wildman–Crippen LogP) is 4.83. The molecule has 6 nitrogen and oxygen atoms in total. The molecule has 29 heavy (non-hydrogen) atoms. The third kappa shape index (κ3) is 4.14. The number of thiazole rings is 1. The van der Waals surface area contributed by atoms with Crippen molar-refractivity contribution in [3.8, 4) is 27.6 Å². The van der Waals surface area contributed by atoms with Crippen LogP contribution in [0, 0.1) is 11.3 Å². The van der Waals surface area contributed by atoms with Crippen LogP contribution in [-0.4, -0.2) is 33.6 Å². The molecule has 1 unspecified atom stereocenters. The summed E-state index contributed by atoms with van der Waals surface area (Å²) in [5.74, 6) is 0. The second-order valence-electron chi connectivity index (χ2n) is 6.72. The topological polar surface area (TPSA) is 75.2 Å². The van der Waals surface area contributed by atoms with Crippen LogP contribution in [0.4, 0.5) is 5.13 Å². The third-order valence-corrected chi connectivity index (χ3v) is 5.52. The van der Waals surface area contributed by atoms with E-state index in [0.29, 0.717) is 18.8 Å². The number of nitrogens with zero attached hydrogens (tertiary/aromatic N) is 4. The zero-order valence-electron chi connectivity index (χ0n) is 16.3. The fourth-order valence-electron chi connectivity index (χ4n) is 3.13. The Kier molecular flexibility index (Phi) is 5.56. The van der Waals surface area contributed by atoms with Crippen molar-refractivity contribution in [2.75, 3.05) is 18.5 Å². The molecule has 4 rings (SSSR count). The van der Waals surface area contributed by atoms with Gasteiger partial charge in [-0.25, -0.2) is 9.97 Å². The summed E-state index contributed by atoms with van der Waals surface area (Å²) in [5, 5.41) is 13.3. The van der Waals surface area contributed by atoms with Crippen LogP contribution in [0.3, 0.4) is 0 Å². The van der Waals surface area contributed by atoms with Crippen molar-refractivity contribution in [1.29, 1.82) is 5.26 Å². The fourth-order valence-corrected chi connectivity index (χ4v) is 4.03. The Morgan fingerprint density at radius 3 is 2.83 bits per heavy atom. The van der Waals surface area contributed by atoms with Gasteiger partial charge in [-0.1, -0.05) is 23.5 Å². The first-order valence-electron chi connectivity index (χ1n) is 9.45. The quantitative estimate of drug-likeness (QED) is 0.478. The van der Waals surface area contributed by atoms with Gasteiger partial charge in [0.05, 0.1) is 23.1 Å². The Bertz CT molecular complexity index is 1160. The van der Waals surface area contributed by atoms with Gasteiger partial charge in [0, 0.05) is 48.6 Å². The van der Waals surface area contributed by atoms with E-state index in [4.69, 9.17) is 10.00 Å². The summed E-state index contributed by atoms with van der Waals surface area (Å²) in [4.78, 5) is 10.1. The number of rotatable bonds is 7. The van der Waals surface area contributed by atoms with E-state index in [-0.39, 0.29) is 6.04 Å². The summed E-state index contributed by atoms with van der Waals surface area (Å²) in [6.45, 7) is 5.43. The monoisotopic (exact) mass is 403 g/mol. The molecular formula is C22H21N5OS. The molecule has 0 fully saturated rings. The molecule has 3 aromatic heterocycles. The second-order valence-corrected chi connectivity index (χ2v) is 7.75. The molecule has 3 heterocycles. The summed E-state index contributed by atoms with van der Waals surface area (Å²) in [6.07, 6.45) is 7.69. The molecule has 0 saturated heterocycles. The highest BCUT2D eigenvalue weighted by Gasteiger charge is 2.13. The first kappa shape index (κ1) is 19.1. The van der Waals surface area contributed by atoms with Crippen molar-refractivity contribution < 1.29 is 4.74 Å². The lowest BCUT2D eigenvalue weighted by molar-refractivity contribution is 0.141. The van der Waals surface area contributed by atoms with E-state index in [2.05, 4.69) is 40.5 Å². The van der Waals surface area contributed by atoms with Crippen LogP contribution in [0.5, 0.6) is 0 Å². The number of anilines is 1. The molecule has 146 valence electrons. The standard InChI is InChI=1S/C22H21N5OS/c1-3-28-14-15(2)26-22-25-12-20(29-22)18-10-19(21-24-8-9-27(21)13-18)17-6-4-16(11-23)5-7-17/h4-10,12-13,15H,3,14H2,1-2H3,(H,25,26). The van der Waals surface area contributed by atoms with Crippen molar-refractivity contribution in [2.24, 2.45) is 0 Å². The van der Waals surface area contributed by atoms with Crippen molar-refractivity contribution >= 4 is 22.1 Å². The highest BCUT2D eigenvalue weighted by Crippen LogP contribution is 2.34. The minimum absolute atomic E-state index is 0.194. The predicted molar refractivity (Wildman–Crippen MR) is 116 cm³/mol. The van der Waals surface area contributed by atoms with E-state index in [1.807, 2.05) is 48.0 Å². The Hall–Kier alpha value is -3.21. The highest BCUT2D eigenvalue weighted by atomic mass is 32.1. The number of nitrogens with one attached hydrogen (secondary N) is 1. The third-order valence-electron chi connectivity index (χ3n) is 4.54. The van der Waals surface area contributed by atoms with Crippen molar-refractivity contribution in [3.05, 3.63) is 60.7 Å². The van der Waals surface area contributed by atoms with Gasteiger partial charge in [-0.15, -0.1) is 0 Å². The van der Waals surface area contributed by atoms with Crippen molar-refractivity contribution in [2.45, 2.75) is 19.9 Å². The lowest BCUT2D eigenvalue weighted by Crippen LogP contribution is -2.21. The zero-order chi connectivity index (χ0) is 20.2. The second kappa shape index (κ2) is 8.43. The van der Waals surface area contributed by atoms with Crippen LogP contribution in [0.25, 0.3) is 27.2 Å². The zero-order valence-corrected chi connectivity index (χ0v) is 17.1. The van der Waals surface area contributed by atoms with Gasteiger partial charge in [-0.3, -0.25) is 0 Å². The number of ether oxygens (including phenoxy) is 1. The summed E-state index contributed by atoms with van der Waals surface area (Å²) < 4.78 is 7.48. The number of nitriles is 1. The number of pyridine rings is 1. The molecule has 0 aliphatic rings. The molecule has 0 spiro atoms. The van der Waals surface area contributed by atoms with Crippen LogP contribution in [0.2, 0.25) is 0 Å². The number of fused-ring (bicyclic) bond motifs is 1. The van der Waals surface area contributed by atoms with Gasteiger partial charge in [0.2, 0.25) is 0 Å². The molecule has 1 N–H and O–H groups in total. The normalized spacial score (nSPS) is 12.0.